The number of carbonyl (C=O) groups excluding carboxylic acids is 1. The monoisotopic (exact) mass is 217 g/mol. The summed E-state index contributed by atoms with van der Waals surface area (Å²) in [6.45, 7) is -0.577. The number of hydrogen-bond acceptors (Lipinski definition) is 4. The highest BCUT2D eigenvalue weighted by molar-refractivity contribution is 5.95. The predicted molar refractivity (Wildman–Crippen MR) is 48.1 cm³/mol. The minimum Gasteiger partial charge on any atom is -0.460 e. The van der Waals surface area contributed by atoms with Gasteiger partial charge in [-0.05, 0) is 6.07 Å². The normalized spacial score (nSPS) is 10.1. The molecule has 0 saturated heterocycles. The molecule has 0 radical (unpaired) electrons. The topological polar surface area (TPSA) is 72.6 Å². The van der Waals surface area contributed by atoms with Gasteiger partial charge in [0.05, 0.1) is 12.2 Å². The van der Waals surface area contributed by atoms with Crippen LogP contribution in [-0.2, 0) is 4.74 Å². The van der Waals surface area contributed by atoms with E-state index in [1.165, 1.54) is 0 Å². The van der Waals surface area contributed by atoms with Crippen LogP contribution < -0.4 is 5.73 Å². The van der Waals surface area contributed by atoms with E-state index in [4.69, 9.17) is 10.8 Å². The van der Waals surface area contributed by atoms with E-state index < -0.39 is 17.6 Å². The van der Waals surface area contributed by atoms with Crippen molar-refractivity contribution in [3.8, 4) is 0 Å². The summed E-state index contributed by atoms with van der Waals surface area (Å²) in [6.07, 6.45) is 0. The third-order valence-corrected chi connectivity index (χ3v) is 1.64. The summed E-state index contributed by atoms with van der Waals surface area (Å²) in [5.41, 5.74) is 4.82. The summed E-state index contributed by atoms with van der Waals surface area (Å²) < 4.78 is 29.9. The number of ether oxygens (including phenoxy) is 1. The van der Waals surface area contributed by atoms with Crippen LogP contribution in [0.15, 0.2) is 12.1 Å². The first-order valence-corrected chi connectivity index (χ1v) is 4.08. The van der Waals surface area contributed by atoms with E-state index in [1.807, 2.05) is 0 Å². The summed E-state index contributed by atoms with van der Waals surface area (Å²) >= 11 is 0. The van der Waals surface area contributed by atoms with E-state index in [0.29, 0.717) is 12.1 Å². The molecule has 0 bridgehead atoms. The zero-order valence-corrected chi connectivity index (χ0v) is 7.67. The zero-order valence-electron chi connectivity index (χ0n) is 7.67. The first-order valence-electron chi connectivity index (χ1n) is 4.08. The molecule has 0 fully saturated rings. The Bertz CT molecular complexity index is 382. The van der Waals surface area contributed by atoms with Crippen molar-refractivity contribution in [3.63, 3.8) is 0 Å². The van der Waals surface area contributed by atoms with Gasteiger partial charge in [0, 0.05) is 11.8 Å². The molecule has 0 heterocycles. The fourth-order valence-electron chi connectivity index (χ4n) is 0.955. The molecule has 1 aromatic rings. The van der Waals surface area contributed by atoms with Crippen LogP contribution in [0, 0.1) is 11.6 Å². The average molecular weight is 217 g/mol. The van der Waals surface area contributed by atoms with Gasteiger partial charge in [-0.2, -0.15) is 0 Å². The maximum absolute atomic E-state index is 12.8. The molecule has 0 saturated carbocycles. The first-order chi connectivity index (χ1) is 7.06. The molecule has 1 aromatic carbocycles. The lowest BCUT2D eigenvalue weighted by Gasteiger charge is -2.06. The molecule has 6 heteroatoms. The molecule has 0 aromatic heterocycles. The summed E-state index contributed by atoms with van der Waals surface area (Å²) in [4.78, 5) is 11.2. The number of nitrogen functional groups attached to an aromatic ring is 1. The van der Waals surface area contributed by atoms with Gasteiger partial charge in [0.15, 0.2) is 11.6 Å². The van der Waals surface area contributed by atoms with Crippen molar-refractivity contribution in [1.29, 1.82) is 0 Å². The highest BCUT2D eigenvalue weighted by atomic mass is 19.2. The number of nitrogens with two attached hydrogens (primary N) is 1. The van der Waals surface area contributed by atoms with Crippen molar-refractivity contribution < 1.29 is 23.4 Å². The molecular weight excluding hydrogens is 208 g/mol. The smallest absolute Gasteiger partial charge is 0.340 e. The summed E-state index contributed by atoms with van der Waals surface area (Å²) in [6, 6.07) is 1.36. The Morgan fingerprint density at radius 3 is 2.60 bits per heavy atom. The zero-order chi connectivity index (χ0) is 11.4. The van der Waals surface area contributed by atoms with Crippen LogP contribution in [-0.4, -0.2) is 24.3 Å². The molecule has 0 aliphatic rings. The fraction of sp³-hybridized carbons (Fsp3) is 0.222. The molecule has 3 N–H and O–H groups in total. The van der Waals surface area contributed by atoms with Crippen LogP contribution in [0.3, 0.4) is 0 Å². The van der Waals surface area contributed by atoms with Crippen molar-refractivity contribution in [3.05, 3.63) is 29.3 Å². The van der Waals surface area contributed by atoms with Crippen LogP contribution in [0.5, 0.6) is 0 Å². The fourth-order valence-corrected chi connectivity index (χ4v) is 0.955. The minimum absolute atomic E-state index is 0.211. The van der Waals surface area contributed by atoms with E-state index >= 15 is 0 Å². The van der Waals surface area contributed by atoms with Crippen molar-refractivity contribution in [2.75, 3.05) is 18.9 Å². The van der Waals surface area contributed by atoms with Crippen LogP contribution in [0.4, 0.5) is 14.5 Å². The summed E-state index contributed by atoms with van der Waals surface area (Å²) in [5, 5.41) is 8.39. The number of esters is 1. The number of halogens is 2. The maximum atomic E-state index is 12.8. The van der Waals surface area contributed by atoms with Gasteiger partial charge in [0.1, 0.15) is 6.61 Å². The third-order valence-electron chi connectivity index (χ3n) is 1.64. The van der Waals surface area contributed by atoms with Gasteiger partial charge >= 0.3 is 5.97 Å². The average Bonchev–Trinajstić information content (AvgIpc) is 2.20. The molecule has 15 heavy (non-hydrogen) atoms. The molecule has 4 nitrogen and oxygen atoms in total. The number of hydrogen-bond donors (Lipinski definition) is 2. The molecular formula is C9H9F2NO3. The number of benzene rings is 1. The van der Waals surface area contributed by atoms with Crippen LogP contribution in [0.1, 0.15) is 10.4 Å². The standard InChI is InChI=1S/C9H9F2NO3/c10-6-3-5(8(12)4-7(6)11)9(14)15-2-1-13/h3-4,13H,1-2,12H2. The van der Waals surface area contributed by atoms with Gasteiger partial charge in [-0.15, -0.1) is 0 Å². The van der Waals surface area contributed by atoms with E-state index in [1.54, 1.807) is 0 Å². The van der Waals surface area contributed by atoms with Gasteiger partial charge in [-0.1, -0.05) is 0 Å². The third kappa shape index (κ3) is 2.63. The van der Waals surface area contributed by atoms with Crippen molar-refractivity contribution in [2.24, 2.45) is 0 Å². The van der Waals surface area contributed by atoms with Gasteiger partial charge in [0.25, 0.3) is 0 Å². The highest BCUT2D eigenvalue weighted by Gasteiger charge is 2.15. The minimum atomic E-state index is -1.18. The second-order valence-electron chi connectivity index (χ2n) is 2.71. The molecule has 0 atom stereocenters. The van der Waals surface area contributed by atoms with E-state index in [0.717, 1.165) is 0 Å². The number of carbonyl (C=O) groups is 1. The molecule has 0 aliphatic carbocycles. The Balaban J connectivity index is 2.94. The highest BCUT2D eigenvalue weighted by Crippen LogP contribution is 2.17. The lowest BCUT2D eigenvalue weighted by Crippen LogP contribution is -2.12. The Labute approximate surface area is 84.3 Å². The van der Waals surface area contributed by atoms with E-state index in [9.17, 15) is 13.6 Å². The summed E-state index contributed by atoms with van der Waals surface area (Å²) in [7, 11) is 0. The Morgan fingerprint density at radius 2 is 2.00 bits per heavy atom. The van der Waals surface area contributed by atoms with Crippen molar-refractivity contribution in [1.82, 2.24) is 0 Å². The Morgan fingerprint density at radius 1 is 1.40 bits per heavy atom. The number of aliphatic hydroxyl groups is 1. The molecule has 0 unspecified atom stereocenters. The molecule has 82 valence electrons. The van der Waals surface area contributed by atoms with Gasteiger partial charge < -0.3 is 15.6 Å². The second kappa shape index (κ2) is 4.70. The van der Waals surface area contributed by atoms with E-state index in [-0.39, 0.29) is 24.5 Å². The van der Waals surface area contributed by atoms with Crippen LogP contribution >= 0.6 is 0 Å². The quantitative estimate of drug-likeness (QED) is 0.577. The van der Waals surface area contributed by atoms with E-state index in [2.05, 4.69) is 4.74 Å². The second-order valence-corrected chi connectivity index (χ2v) is 2.71. The van der Waals surface area contributed by atoms with Gasteiger partial charge in [-0.3, -0.25) is 0 Å². The Hall–Kier alpha value is -1.69. The largest absolute Gasteiger partial charge is 0.460 e. The molecule has 1 rings (SSSR count). The van der Waals surface area contributed by atoms with Crippen LogP contribution in [0.2, 0.25) is 0 Å². The molecule has 0 spiro atoms. The number of aliphatic hydroxyl groups excluding tert-OH is 1. The van der Waals surface area contributed by atoms with Gasteiger partial charge in [-0.25, -0.2) is 13.6 Å². The number of rotatable bonds is 3. The van der Waals surface area contributed by atoms with Gasteiger partial charge in [0.2, 0.25) is 0 Å². The Kier molecular flexibility index (Phi) is 3.56. The molecule has 0 amide bonds. The molecule has 0 aliphatic heterocycles. The van der Waals surface area contributed by atoms with Crippen LogP contribution in [0.25, 0.3) is 0 Å². The number of anilines is 1. The van der Waals surface area contributed by atoms with Crippen molar-refractivity contribution >= 4 is 11.7 Å². The SMILES string of the molecule is Nc1cc(F)c(F)cc1C(=O)OCCO. The lowest BCUT2D eigenvalue weighted by atomic mass is 10.1. The maximum Gasteiger partial charge on any atom is 0.340 e. The lowest BCUT2D eigenvalue weighted by molar-refractivity contribution is 0.0434. The predicted octanol–water partition coefficient (Wildman–Crippen LogP) is 0.696. The van der Waals surface area contributed by atoms with Crippen molar-refractivity contribution in [2.45, 2.75) is 0 Å². The summed E-state index contributed by atoms with van der Waals surface area (Å²) in [5.74, 6) is -3.22. The first kappa shape index (κ1) is 11.4.